The molecular weight excluding hydrogens is 441 g/mol. The summed E-state index contributed by atoms with van der Waals surface area (Å²) in [5.41, 5.74) is 1.17. The number of halogens is 1. The van der Waals surface area contributed by atoms with Crippen LogP contribution in [0.2, 0.25) is 0 Å². The third-order valence-corrected chi connectivity index (χ3v) is 4.46. The van der Waals surface area contributed by atoms with Gasteiger partial charge < -0.3 is 25.2 Å². The van der Waals surface area contributed by atoms with Crippen molar-refractivity contribution in [3.63, 3.8) is 0 Å². The van der Waals surface area contributed by atoms with Crippen molar-refractivity contribution in [3.05, 3.63) is 29.8 Å². The second kappa shape index (κ2) is 13.2. The predicted molar refractivity (Wildman–Crippen MR) is 120 cm³/mol. The molecule has 1 heterocycles. The van der Waals surface area contributed by atoms with Crippen LogP contribution < -0.4 is 15.4 Å². The van der Waals surface area contributed by atoms with Crippen LogP contribution in [0.15, 0.2) is 29.3 Å². The Balaban J connectivity index is 0.00000338. The summed E-state index contributed by atoms with van der Waals surface area (Å²) in [6, 6.07) is 8.06. The number of methoxy groups -OCH3 is 1. The lowest BCUT2D eigenvalue weighted by Crippen LogP contribution is -2.42. The molecule has 0 saturated carbocycles. The number of guanidine groups is 1. The minimum absolute atomic E-state index is 0. The summed E-state index contributed by atoms with van der Waals surface area (Å²) in [5, 5.41) is 6.77. The highest BCUT2D eigenvalue weighted by Crippen LogP contribution is 2.11. The van der Waals surface area contributed by atoms with Gasteiger partial charge in [0.15, 0.2) is 5.96 Å². The number of aliphatic imine (C=N–C) groups is 1. The highest BCUT2D eigenvalue weighted by molar-refractivity contribution is 14.0. The fraction of sp³-hybridized carbons (Fsp3) is 0.632. The molecule has 1 aromatic rings. The normalized spacial score (nSPS) is 16.5. The summed E-state index contributed by atoms with van der Waals surface area (Å²) in [6.07, 6.45) is 1.25. The topological polar surface area (TPSA) is 52.1 Å². The van der Waals surface area contributed by atoms with E-state index in [0.717, 1.165) is 44.4 Å². The van der Waals surface area contributed by atoms with Crippen molar-refractivity contribution in [2.45, 2.75) is 19.9 Å². The van der Waals surface area contributed by atoms with E-state index in [9.17, 15) is 0 Å². The number of nitrogens with one attached hydrogen (secondary N) is 2. The van der Waals surface area contributed by atoms with Crippen molar-refractivity contribution < 1.29 is 4.74 Å². The molecule has 26 heavy (non-hydrogen) atoms. The Morgan fingerprint density at radius 2 is 1.88 bits per heavy atom. The Labute approximate surface area is 175 Å². The summed E-state index contributed by atoms with van der Waals surface area (Å²) in [4.78, 5) is 9.62. The molecule has 148 valence electrons. The highest BCUT2D eigenvalue weighted by Gasteiger charge is 2.11. The molecule has 0 bridgehead atoms. The second-order valence-corrected chi connectivity index (χ2v) is 6.47. The summed E-state index contributed by atoms with van der Waals surface area (Å²) in [5.74, 6) is 1.76. The number of likely N-dealkylation sites (N-methyl/N-ethyl adjacent to an activating group) is 1. The fourth-order valence-corrected chi connectivity index (χ4v) is 2.90. The average molecular weight is 475 g/mol. The fourth-order valence-electron chi connectivity index (χ4n) is 2.90. The van der Waals surface area contributed by atoms with E-state index in [1.54, 1.807) is 7.11 Å². The van der Waals surface area contributed by atoms with Gasteiger partial charge in [0.1, 0.15) is 5.75 Å². The van der Waals surface area contributed by atoms with Crippen LogP contribution in [-0.4, -0.2) is 75.7 Å². The average Bonchev–Trinajstić information content (AvgIpc) is 2.84. The summed E-state index contributed by atoms with van der Waals surface area (Å²) in [6.45, 7) is 10.3. The van der Waals surface area contributed by atoms with Gasteiger partial charge in [0.25, 0.3) is 0 Å². The maximum Gasteiger partial charge on any atom is 0.191 e. The molecule has 0 radical (unpaired) electrons. The molecular formula is C19H34IN5O. The number of benzene rings is 1. The van der Waals surface area contributed by atoms with Gasteiger partial charge in [-0.2, -0.15) is 0 Å². The first-order valence-corrected chi connectivity index (χ1v) is 9.27. The summed E-state index contributed by atoms with van der Waals surface area (Å²) in [7, 11) is 3.89. The standard InChI is InChI=1S/C19H33N5O.HI/c1-4-20-19(22-16-17-6-8-18(25-3)9-7-17)21-10-13-24-12-5-11-23(2)14-15-24;/h6-9H,4-5,10-16H2,1-3H3,(H2,20,21,22);1H. The van der Waals surface area contributed by atoms with Crippen LogP contribution >= 0.6 is 24.0 Å². The minimum atomic E-state index is 0. The molecule has 0 unspecified atom stereocenters. The zero-order chi connectivity index (χ0) is 17.9. The van der Waals surface area contributed by atoms with Crippen LogP contribution in [0.3, 0.4) is 0 Å². The van der Waals surface area contributed by atoms with Crippen LogP contribution in [0, 0.1) is 0 Å². The van der Waals surface area contributed by atoms with E-state index in [4.69, 9.17) is 4.74 Å². The lowest BCUT2D eigenvalue weighted by molar-refractivity contribution is 0.280. The van der Waals surface area contributed by atoms with Gasteiger partial charge in [0.2, 0.25) is 0 Å². The molecule has 6 nitrogen and oxygen atoms in total. The third kappa shape index (κ3) is 8.55. The van der Waals surface area contributed by atoms with E-state index in [-0.39, 0.29) is 24.0 Å². The van der Waals surface area contributed by atoms with Crippen molar-refractivity contribution in [3.8, 4) is 5.75 Å². The number of hydrogen-bond acceptors (Lipinski definition) is 4. The monoisotopic (exact) mass is 475 g/mol. The zero-order valence-corrected chi connectivity index (χ0v) is 18.7. The Kier molecular flexibility index (Phi) is 11.6. The summed E-state index contributed by atoms with van der Waals surface area (Å²) >= 11 is 0. The van der Waals surface area contributed by atoms with Gasteiger partial charge in [0, 0.05) is 32.7 Å². The second-order valence-electron chi connectivity index (χ2n) is 6.47. The third-order valence-electron chi connectivity index (χ3n) is 4.46. The van der Waals surface area contributed by atoms with E-state index in [2.05, 4.69) is 51.5 Å². The Morgan fingerprint density at radius 1 is 1.12 bits per heavy atom. The number of hydrogen-bond donors (Lipinski definition) is 2. The van der Waals surface area contributed by atoms with Crippen molar-refractivity contribution in [1.29, 1.82) is 0 Å². The molecule has 1 aliphatic heterocycles. The van der Waals surface area contributed by atoms with E-state index in [1.807, 2.05) is 12.1 Å². The smallest absolute Gasteiger partial charge is 0.191 e. The first kappa shape index (κ1) is 23.0. The molecule has 2 rings (SSSR count). The highest BCUT2D eigenvalue weighted by atomic mass is 127. The minimum Gasteiger partial charge on any atom is -0.497 e. The van der Waals surface area contributed by atoms with E-state index < -0.39 is 0 Å². The molecule has 2 N–H and O–H groups in total. The lowest BCUT2D eigenvalue weighted by atomic mass is 10.2. The van der Waals surface area contributed by atoms with Gasteiger partial charge in [-0.05, 0) is 51.2 Å². The molecule has 1 aliphatic rings. The number of nitrogens with zero attached hydrogens (tertiary/aromatic N) is 3. The van der Waals surface area contributed by atoms with Gasteiger partial charge in [-0.1, -0.05) is 12.1 Å². The van der Waals surface area contributed by atoms with Crippen LogP contribution in [-0.2, 0) is 6.54 Å². The van der Waals surface area contributed by atoms with Crippen LogP contribution in [0.5, 0.6) is 5.75 Å². The van der Waals surface area contributed by atoms with Crippen molar-refractivity contribution in [1.82, 2.24) is 20.4 Å². The Morgan fingerprint density at radius 3 is 2.58 bits per heavy atom. The van der Waals surface area contributed by atoms with Crippen LogP contribution in [0.1, 0.15) is 18.9 Å². The van der Waals surface area contributed by atoms with E-state index in [1.165, 1.54) is 25.1 Å². The molecule has 1 aromatic carbocycles. The van der Waals surface area contributed by atoms with E-state index >= 15 is 0 Å². The molecule has 7 heteroatoms. The van der Waals surface area contributed by atoms with Gasteiger partial charge in [-0.15, -0.1) is 24.0 Å². The maximum atomic E-state index is 5.19. The first-order chi connectivity index (χ1) is 12.2. The van der Waals surface area contributed by atoms with Gasteiger partial charge in [0.05, 0.1) is 13.7 Å². The molecule has 0 atom stereocenters. The van der Waals surface area contributed by atoms with Gasteiger partial charge in [-0.3, -0.25) is 0 Å². The molecule has 0 aliphatic carbocycles. The molecule has 1 fully saturated rings. The van der Waals surface area contributed by atoms with E-state index in [0.29, 0.717) is 6.54 Å². The lowest BCUT2D eigenvalue weighted by Gasteiger charge is -2.21. The molecule has 0 aromatic heterocycles. The zero-order valence-electron chi connectivity index (χ0n) is 16.3. The maximum absolute atomic E-state index is 5.19. The molecule has 0 amide bonds. The quantitative estimate of drug-likeness (QED) is 0.359. The first-order valence-electron chi connectivity index (χ1n) is 9.27. The molecule has 0 spiro atoms. The predicted octanol–water partition coefficient (Wildman–Crippen LogP) is 2.01. The van der Waals surface area contributed by atoms with Crippen LogP contribution in [0.25, 0.3) is 0 Å². The number of rotatable bonds is 7. The van der Waals surface area contributed by atoms with Gasteiger partial charge in [-0.25, -0.2) is 4.99 Å². The largest absolute Gasteiger partial charge is 0.497 e. The molecule has 1 saturated heterocycles. The Bertz CT molecular complexity index is 523. The van der Waals surface area contributed by atoms with Crippen molar-refractivity contribution in [2.75, 3.05) is 60.0 Å². The SMILES string of the molecule is CCNC(=NCc1ccc(OC)cc1)NCCN1CCCN(C)CC1.I. The number of ether oxygens (including phenoxy) is 1. The van der Waals surface area contributed by atoms with Crippen LogP contribution in [0.4, 0.5) is 0 Å². The Hall–Kier alpha value is -1.06. The van der Waals surface area contributed by atoms with Crippen molar-refractivity contribution in [2.24, 2.45) is 4.99 Å². The van der Waals surface area contributed by atoms with Gasteiger partial charge >= 0.3 is 0 Å². The summed E-state index contributed by atoms with van der Waals surface area (Å²) < 4.78 is 5.19. The van der Waals surface area contributed by atoms with Crippen molar-refractivity contribution >= 4 is 29.9 Å².